The van der Waals surface area contributed by atoms with Crippen LogP contribution in [0.4, 0.5) is 0 Å². The standard InChI is InChI=1S/C13H16N4O/c1-10-4-7-17(8-10)9-12-15-13(16-18-12)11-2-5-14-6-3-11/h2-3,5-6,10H,4,7-9H2,1H3. The topological polar surface area (TPSA) is 55.1 Å². The summed E-state index contributed by atoms with van der Waals surface area (Å²) in [4.78, 5) is 10.8. The SMILES string of the molecule is CC1CCN(Cc2nc(-c3ccncc3)no2)C1. The first-order chi connectivity index (χ1) is 8.81. The highest BCUT2D eigenvalue weighted by atomic mass is 16.5. The lowest BCUT2D eigenvalue weighted by Crippen LogP contribution is -2.19. The van der Waals surface area contributed by atoms with Crippen molar-refractivity contribution in [2.24, 2.45) is 5.92 Å². The van der Waals surface area contributed by atoms with E-state index in [2.05, 4.69) is 26.9 Å². The van der Waals surface area contributed by atoms with Gasteiger partial charge in [-0.15, -0.1) is 0 Å². The van der Waals surface area contributed by atoms with Crippen LogP contribution < -0.4 is 0 Å². The quantitative estimate of drug-likeness (QED) is 0.826. The molecule has 1 aliphatic rings. The van der Waals surface area contributed by atoms with E-state index in [1.54, 1.807) is 12.4 Å². The Hall–Kier alpha value is -1.75. The zero-order valence-corrected chi connectivity index (χ0v) is 10.4. The molecule has 0 N–H and O–H groups in total. The van der Waals surface area contributed by atoms with Crippen molar-refractivity contribution in [2.45, 2.75) is 19.9 Å². The van der Waals surface area contributed by atoms with Gasteiger partial charge in [-0.25, -0.2) is 0 Å². The molecule has 0 bridgehead atoms. The molecule has 1 saturated heterocycles. The fraction of sp³-hybridized carbons (Fsp3) is 0.462. The monoisotopic (exact) mass is 244 g/mol. The van der Waals surface area contributed by atoms with Crippen molar-refractivity contribution in [3.63, 3.8) is 0 Å². The lowest BCUT2D eigenvalue weighted by atomic mass is 10.2. The Kier molecular flexibility index (Phi) is 3.06. The minimum Gasteiger partial charge on any atom is -0.338 e. The van der Waals surface area contributed by atoms with Gasteiger partial charge in [0.15, 0.2) is 0 Å². The van der Waals surface area contributed by atoms with Gasteiger partial charge in [0.2, 0.25) is 11.7 Å². The van der Waals surface area contributed by atoms with Gasteiger partial charge < -0.3 is 4.52 Å². The first-order valence-corrected chi connectivity index (χ1v) is 6.26. The summed E-state index contributed by atoms with van der Waals surface area (Å²) in [5.41, 5.74) is 0.940. The predicted octanol–water partition coefficient (Wildman–Crippen LogP) is 1.97. The summed E-state index contributed by atoms with van der Waals surface area (Å²) in [7, 11) is 0. The maximum absolute atomic E-state index is 5.29. The molecule has 0 radical (unpaired) electrons. The summed E-state index contributed by atoms with van der Waals surface area (Å²) < 4.78 is 5.29. The maximum Gasteiger partial charge on any atom is 0.241 e. The Balaban J connectivity index is 1.70. The van der Waals surface area contributed by atoms with Gasteiger partial charge in [0.05, 0.1) is 6.54 Å². The van der Waals surface area contributed by atoms with Crippen molar-refractivity contribution in [3.05, 3.63) is 30.4 Å². The Labute approximate surface area is 106 Å². The lowest BCUT2D eigenvalue weighted by Gasteiger charge is -2.11. The Morgan fingerprint density at radius 3 is 2.94 bits per heavy atom. The first-order valence-electron chi connectivity index (χ1n) is 6.26. The van der Waals surface area contributed by atoms with Gasteiger partial charge in [-0.05, 0) is 31.0 Å². The van der Waals surface area contributed by atoms with Crippen LogP contribution in [0, 0.1) is 5.92 Å². The molecule has 5 nitrogen and oxygen atoms in total. The Morgan fingerprint density at radius 2 is 2.22 bits per heavy atom. The van der Waals surface area contributed by atoms with Crippen molar-refractivity contribution in [2.75, 3.05) is 13.1 Å². The van der Waals surface area contributed by atoms with Gasteiger partial charge in [0.25, 0.3) is 0 Å². The van der Waals surface area contributed by atoms with Crippen LogP contribution in [-0.4, -0.2) is 33.1 Å². The molecule has 18 heavy (non-hydrogen) atoms. The van der Waals surface area contributed by atoms with Gasteiger partial charge >= 0.3 is 0 Å². The van der Waals surface area contributed by atoms with E-state index >= 15 is 0 Å². The van der Waals surface area contributed by atoms with E-state index in [-0.39, 0.29) is 0 Å². The summed E-state index contributed by atoms with van der Waals surface area (Å²) in [6, 6.07) is 3.76. The zero-order chi connectivity index (χ0) is 12.4. The molecule has 0 amide bonds. The molecule has 2 aromatic rings. The largest absolute Gasteiger partial charge is 0.338 e. The van der Waals surface area contributed by atoms with Crippen LogP contribution >= 0.6 is 0 Å². The highest BCUT2D eigenvalue weighted by Crippen LogP contribution is 2.19. The van der Waals surface area contributed by atoms with E-state index in [1.807, 2.05) is 12.1 Å². The average Bonchev–Trinajstić information content (AvgIpc) is 3.01. The fourth-order valence-corrected chi connectivity index (χ4v) is 2.30. The van der Waals surface area contributed by atoms with Crippen LogP contribution in [0.2, 0.25) is 0 Å². The van der Waals surface area contributed by atoms with E-state index in [9.17, 15) is 0 Å². The van der Waals surface area contributed by atoms with Crippen molar-refractivity contribution >= 4 is 0 Å². The minimum absolute atomic E-state index is 0.639. The molecule has 2 aromatic heterocycles. The van der Waals surface area contributed by atoms with Crippen molar-refractivity contribution < 1.29 is 4.52 Å². The van der Waals surface area contributed by atoms with E-state index < -0.39 is 0 Å². The highest BCUT2D eigenvalue weighted by molar-refractivity contribution is 5.52. The third kappa shape index (κ3) is 2.41. The zero-order valence-electron chi connectivity index (χ0n) is 10.4. The maximum atomic E-state index is 5.29. The first kappa shape index (κ1) is 11.3. The van der Waals surface area contributed by atoms with E-state index in [0.29, 0.717) is 11.7 Å². The van der Waals surface area contributed by atoms with Crippen LogP contribution in [0.3, 0.4) is 0 Å². The molecule has 3 heterocycles. The molecule has 5 heteroatoms. The third-order valence-electron chi connectivity index (χ3n) is 3.27. The van der Waals surface area contributed by atoms with Crippen molar-refractivity contribution in [1.29, 1.82) is 0 Å². The van der Waals surface area contributed by atoms with E-state index in [4.69, 9.17) is 4.52 Å². The predicted molar refractivity (Wildman–Crippen MR) is 66.6 cm³/mol. The smallest absolute Gasteiger partial charge is 0.241 e. The third-order valence-corrected chi connectivity index (χ3v) is 3.27. The van der Waals surface area contributed by atoms with Gasteiger partial charge in [-0.2, -0.15) is 4.98 Å². The summed E-state index contributed by atoms with van der Waals surface area (Å²) in [5, 5.41) is 4.01. The van der Waals surface area contributed by atoms with Gasteiger partial charge in [0, 0.05) is 24.5 Å². The van der Waals surface area contributed by atoms with E-state index in [1.165, 1.54) is 6.42 Å². The van der Waals surface area contributed by atoms with Crippen LogP contribution in [0.5, 0.6) is 0 Å². The summed E-state index contributed by atoms with van der Waals surface area (Å²) in [5.74, 6) is 2.10. The van der Waals surface area contributed by atoms with Crippen LogP contribution in [0.1, 0.15) is 19.2 Å². The van der Waals surface area contributed by atoms with Gasteiger partial charge in [-0.3, -0.25) is 9.88 Å². The number of rotatable bonds is 3. The number of nitrogens with zero attached hydrogens (tertiary/aromatic N) is 4. The molecule has 0 aliphatic carbocycles. The Morgan fingerprint density at radius 1 is 1.39 bits per heavy atom. The second kappa shape index (κ2) is 4.86. The number of hydrogen-bond donors (Lipinski definition) is 0. The highest BCUT2D eigenvalue weighted by Gasteiger charge is 2.20. The fourth-order valence-electron chi connectivity index (χ4n) is 2.30. The van der Waals surface area contributed by atoms with Crippen LogP contribution in [0.15, 0.2) is 29.0 Å². The Bertz CT molecular complexity index is 511. The molecule has 94 valence electrons. The van der Waals surface area contributed by atoms with Gasteiger partial charge in [-0.1, -0.05) is 12.1 Å². The number of likely N-dealkylation sites (tertiary alicyclic amines) is 1. The van der Waals surface area contributed by atoms with Crippen LogP contribution in [-0.2, 0) is 6.54 Å². The van der Waals surface area contributed by atoms with Crippen LogP contribution in [0.25, 0.3) is 11.4 Å². The molecule has 1 aliphatic heterocycles. The molecular weight excluding hydrogens is 228 g/mol. The minimum atomic E-state index is 0.639. The molecule has 3 rings (SSSR count). The lowest BCUT2D eigenvalue weighted by molar-refractivity contribution is 0.262. The average molecular weight is 244 g/mol. The summed E-state index contributed by atoms with van der Waals surface area (Å²) in [6.45, 7) is 5.26. The second-order valence-electron chi connectivity index (χ2n) is 4.88. The van der Waals surface area contributed by atoms with Crippen molar-refractivity contribution in [3.8, 4) is 11.4 Å². The molecule has 1 atom stereocenters. The summed E-state index contributed by atoms with van der Waals surface area (Å²) >= 11 is 0. The molecular formula is C13H16N4O. The van der Waals surface area contributed by atoms with Crippen molar-refractivity contribution in [1.82, 2.24) is 20.0 Å². The number of pyridine rings is 1. The van der Waals surface area contributed by atoms with Gasteiger partial charge in [0.1, 0.15) is 0 Å². The molecule has 0 saturated carbocycles. The molecule has 1 fully saturated rings. The number of hydrogen-bond acceptors (Lipinski definition) is 5. The second-order valence-corrected chi connectivity index (χ2v) is 4.88. The van der Waals surface area contributed by atoms with E-state index in [0.717, 1.165) is 31.1 Å². The normalized spacial score (nSPS) is 20.4. The molecule has 0 aromatic carbocycles. The summed E-state index contributed by atoms with van der Waals surface area (Å²) in [6.07, 6.45) is 4.71. The number of aromatic nitrogens is 3. The molecule has 0 spiro atoms. The molecule has 1 unspecified atom stereocenters.